The van der Waals surface area contributed by atoms with Crippen molar-refractivity contribution in [1.29, 1.82) is 0 Å². The number of carbonyl (C=O) groups excluding carboxylic acids is 2. The summed E-state index contributed by atoms with van der Waals surface area (Å²) in [5.41, 5.74) is -0.100. The fourth-order valence-corrected chi connectivity index (χ4v) is 3.86. The molecule has 1 amide bonds. The SMILES string of the molecule is COC(=O)C1(C(=O)Nc2ccc(C)cc2)CC1S(C)(=O)=O. The minimum atomic E-state index is -3.50. The summed E-state index contributed by atoms with van der Waals surface area (Å²) in [7, 11) is -2.36. The normalized spacial score (nSPS) is 24.2. The van der Waals surface area contributed by atoms with Crippen LogP contribution < -0.4 is 5.32 Å². The highest BCUT2D eigenvalue weighted by Crippen LogP contribution is 2.52. The largest absolute Gasteiger partial charge is 0.468 e. The molecule has 0 heterocycles. The maximum Gasteiger partial charge on any atom is 0.322 e. The molecule has 0 saturated heterocycles. The zero-order chi connectivity index (χ0) is 15.8. The number of aryl methyl sites for hydroxylation is 1. The van der Waals surface area contributed by atoms with Crippen molar-refractivity contribution in [3.05, 3.63) is 29.8 Å². The predicted octanol–water partition coefficient (Wildman–Crippen LogP) is 0.910. The maximum absolute atomic E-state index is 12.4. The van der Waals surface area contributed by atoms with Crippen molar-refractivity contribution in [2.45, 2.75) is 18.6 Å². The first kappa shape index (κ1) is 15.5. The number of sulfone groups is 1. The molecule has 21 heavy (non-hydrogen) atoms. The monoisotopic (exact) mass is 311 g/mol. The Labute approximate surface area is 123 Å². The number of esters is 1. The van der Waals surface area contributed by atoms with Gasteiger partial charge in [-0.05, 0) is 25.5 Å². The first-order valence-corrected chi connectivity index (χ1v) is 8.32. The molecule has 0 aromatic heterocycles. The molecule has 1 fully saturated rings. The molecule has 1 N–H and O–H groups in total. The number of rotatable bonds is 4. The van der Waals surface area contributed by atoms with Crippen molar-refractivity contribution in [3.63, 3.8) is 0 Å². The molecule has 1 aliphatic rings. The van der Waals surface area contributed by atoms with E-state index < -0.39 is 32.4 Å². The van der Waals surface area contributed by atoms with Crippen LogP contribution >= 0.6 is 0 Å². The van der Waals surface area contributed by atoms with E-state index in [2.05, 4.69) is 10.1 Å². The van der Waals surface area contributed by atoms with Gasteiger partial charge in [-0.15, -0.1) is 0 Å². The van der Waals surface area contributed by atoms with Crippen molar-refractivity contribution in [1.82, 2.24) is 0 Å². The molecule has 0 spiro atoms. The quantitative estimate of drug-likeness (QED) is 0.659. The van der Waals surface area contributed by atoms with Crippen LogP contribution in [-0.2, 0) is 24.2 Å². The third-order valence-corrected chi connectivity index (χ3v) is 5.28. The Kier molecular flexibility index (Phi) is 3.79. The first-order valence-electron chi connectivity index (χ1n) is 6.37. The number of amides is 1. The van der Waals surface area contributed by atoms with E-state index in [9.17, 15) is 18.0 Å². The molecule has 1 aliphatic carbocycles. The molecule has 0 bridgehead atoms. The van der Waals surface area contributed by atoms with Gasteiger partial charge >= 0.3 is 5.97 Å². The fourth-order valence-electron chi connectivity index (χ4n) is 2.36. The van der Waals surface area contributed by atoms with E-state index in [4.69, 9.17) is 0 Å². The first-order chi connectivity index (χ1) is 9.71. The Hall–Kier alpha value is -1.89. The molecular formula is C14H17NO5S. The number of ether oxygens (including phenoxy) is 1. The molecule has 1 aromatic rings. The minimum Gasteiger partial charge on any atom is -0.468 e. The van der Waals surface area contributed by atoms with Crippen molar-refractivity contribution < 1.29 is 22.7 Å². The van der Waals surface area contributed by atoms with Crippen LogP contribution in [0.15, 0.2) is 24.3 Å². The molecule has 1 aromatic carbocycles. The summed E-state index contributed by atoms with van der Waals surface area (Å²) < 4.78 is 27.9. The van der Waals surface area contributed by atoms with Crippen LogP contribution in [0.2, 0.25) is 0 Å². The highest BCUT2D eigenvalue weighted by atomic mass is 32.2. The second-order valence-corrected chi connectivity index (χ2v) is 7.53. The summed E-state index contributed by atoms with van der Waals surface area (Å²) in [5, 5.41) is 1.56. The second kappa shape index (κ2) is 5.14. The second-order valence-electron chi connectivity index (χ2n) is 5.31. The number of hydrogen-bond acceptors (Lipinski definition) is 5. The Balaban J connectivity index is 2.26. The molecule has 1 saturated carbocycles. The summed E-state index contributed by atoms with van der Waals surface area (Å²) >= 11 is 0. The maximum atomic E-state index is 12.4. The van der Waals surface area contributed by atoms with Crippen LogP contribution in [0.5, 0.6) is 0 Å². The Morgan fingerprint density at radius 3 is 2.29 bits per heavy atom. The van der Waals surface area contributed by atoms with Crippen molar-refractivity contribution in [2.24, 2.45) is 5.41 Å². The van der Waals surface area contributed by atoms with Gasteiger partial charge in [-0.2, -0.15) is 0 Å². The lowest BCUT2D eigenvalue weighted by Gasteiger charge is -2.14. The summed E-state index contributed by atoms with van der Waals surface area (Å²) in [6.45, 7) is 1.90. The van der Waals surface area contributed by atoms with Gasteiger partial charge in [0.25, 0.3) is 0 Å². The van der Waals surface area contributed by atoms with Crippen LogP contribution in [0.1, 0.15) is 12.0 Å². The van der Waals surface area contributed by atoms with Crippen molar-refractivity contribution in [3.8, 4) is 0 Å². The van der Waals surface area contributed by atoms with Crippen LogP contribution in [0.25, 0.3) is 0 Å². The number of methoxy groups -OCH3 is 1. The Bertz CT molecular complexity index is 680. The van der Waals surface area contributed by atoms with Gasteiger partial charge in [0.2, 0.25) is 5.91 Å². The zero-order valence-corrected chi connectivity index (χ0v) is 12.9. The van der Waals surface area contributed by atoms with Gasteiger partial charge in [0.05, 0.1) is 12.4 Å². The van der Waals surface area contributed by atoms with Crippen LogP contribution in [0, 0.1) is 12.3 Å². The standard InChI is InChI=1S/C14H17NO5S/c1-9-4-6-10(7-5-9)15-12(16)14(13(17)20-2)8-11(14)21(3,18)19/h4-7,11H,8H2,1-3H3,(H,15,16). The van der Waals surface area contributed by atoms with E-state index in [-0.39, 0.29) is 6.42 Å². The fraction of sp³-hybridized carbons (Fsp3) is 0.429. The van der Waals surface area contributed by atoms with E-state index in [1.165, 1.54) is 0 Å². The Morgan fingerprint density at radius 1 is 1.29 bits per heavy atom. The molecule has 2 rings (SSSR count). The van der Waals surface area contributed by atoms with Gasteiger partial charge in [-0.1, -0.05) is 17.7 Å². The molecule has 0 radical (unpaired) electrons. The lowest BCUT2D eigenvalue weighted by Crippen LogP contribution is -2.37. The number of hydrogen-bond donors (Lipinski definition) is 1. The summed E-state index contributed by atoms with van der Waals surface area (Å²) in [6, 6.07) is 6.99. The van der Waals surface area contributed by atoms with Crippen molar-refractivity contribution in [2.75, 3.05) is 18.7 Å². The lowest BCUT2D eigenvalue weighted by atomic mass is 10.1. The van der Waals surface area contributed by atoms with E-state index in [1.54, 1.807) is 24.3 Å². The van der Waals surface area contributed by atoms with Gasteiger partial charge in [0.1, 0.15) is 0 Å². The van der Waals surface area contributed by atoms with Crippen LogP contribution in [0.4, 0.5) is 5.69 Å². The van der Waals surface area contributed by atoms with E-state index in [1.807, 2.05) is 6.92 Å². The van der Waals surface area contributed by atoms with E-state index in [0.29, 0.717) is 5.69 Å². The number of anilines is 1. The predicted molar refractivity (Wildman–Crippen MR) is 77.5 cm³/mol. The topological polar surface area (TPSA) is 89.5 Å². The summed E-state index contributed by atoms with van der Waals surface area (Å²) in [6.07, 6.45) is 0.970. The average Bonchev–Trinajstić information content (AvgIpc) is 3.17. The summed E-state index contributed by atoms with van der Waals surface area (Å²) in [5.74, 6) is -1.46. The van der Waals surface area contributed by atoms with Gasteiger partial charge < -0.3 is 10.1 Å². The van der Waals surface area contributed by atoms with Crippen LogP contribution in [-0.4, -0.2) is 38.9 Å². The van der Waals surface area contributed by atoms with Gasteiger partial charge in [-0.25, -0.2) is 8.42 Å². The Morgan fingerprint density at radius 2 is 1.86 bits per heavy atom. The van der Waals surface area contributed by atoms with E-state index in [0.717, 1.165) is 18.9 Å². The van der Waals surface area contributed by atoms with Gasteiger partial charge in [-0.3, -0.25) is 9.59 Å². The third-order valence-electron chi connectivity index (χ3n) is 3.68. The number of nitrogens with one attached hydrogen (secondary N) is 1. The lowest BCUT2D eigenvalue weighted by molar-refractivity contribution is -0.150. The van der Waals surface area contributed by atoms with Gasteiger partial charge in [0.15, 0.2) is 15.3 Å². The molecular weight excluding hydrogens is 294 g/mol. The molecule has 2 atom stereocenters. The van der Waals surface area contributed by atoms with E-state index >= 15 is 0 Å². The molecule has 0 aliphatic heterocycles. The summed E-state index contributed by atoms with van der Waals surface area (Å²) in [4.78, 5) is 24.3. The number of benzene rings is 1. The highest BCUT2D eigenvalue weighted by Gasteiger charge is 2.71. The molecule has 2 unspecified atom stereocenters. The molecule has 6 nitrogen and oxygen atoms in total. The van der Waals surface area contributed by atoms with Crippen LogP contribution in [0.3, 0.4) is 0 Å². The zero-order valence-electron chi connectivity index (χ0n) is 12.0. The highest BCUT2D eigenvalue weighted by molar-refractivity contribution is 7.91. The molecule has 7 heteroatoms. The van der Waals surface area contributed by atoms with Crippen molar-refractivity contribution >= 4 is 27.4 Å². The van der Waals surface area contributed by atoms with Gasteiger partial charge in [0, 0.05) is 11.9 Å². The average molecular weight is 311 g/mol. The number of carbonyl (C=O) groups is 2. The molecule has 114 valence electrons. The third kappa shape index (κ3) is 2.78. The minimum absolute atomic E-state index is 0.0454. The smallest absolute Gasteiger partial charge is 0.322 e.